The Morgan fingerprint density at radius 2 is 1.93 bits per heavy atom. The topological polar surface area (TPSA) is 155 Å². The summed E-state index contributed by atoms with van der Waals surface area (Å²) in [6.45, 7) is 5.33. The van der Waals surface area contributed by atoms with Gasteiger partial charge in [-0.2, -0.15) is 5.10 Å². The van der Waals surface area contributed by atoms with Crippen molar-refractivity contribution in [2.45, 2.75) is 31.4 Å². The molecule has 0 aromatic carbocycles. The molecule has 4 aromatic rings. The maximum Gasteiger partial charge on any atom is 0.257 e. The lowest BCUT2D eigenvalue weighted by Crippen LogP contribution is -2.58. The smallest absolute Gasteiger partial charge is 0.257 e. The minimum absolute atomic E-state index is 0.0617. The van der Waals surface area contributed by atoms with Crippen LogP contribution in [0.25, 0.3) is 16.7 Å². The normalized spacial score (nSPS) is 18.7. The molecule has 2 saturated heterocycles. The summed E-state index contributed by atoms with van der Waals surface area (Å²) in [6, 6.07) is 3.59. The fourth-order valence-corrected chi connectivity index (χ4v) is 6.23. The van der Waals surface area contributed by atoms with Gasteiger partial charge >= 0.3 is 0 Å². The Bertz CT molecular complexity index is 1690. The van der Waals surface area contributed by atoms with Crippen LogP contribution >= 0.6 is 0 Å². The van der Waals surface area contributed by atoms with E-state index < -0.39 is 11.6 Å². The van der Waals surface area contributed by atoms with Crippen molar-refractivity contribution in [3.05, 3.63) is 54.0 Å². The van der Waals surface area contributed by atoms with Gasteiger partial charge in [0.25, 0.3) is 11.8 Å². The predicted octanol–water partition coefficient (Wildman–Crippen LogP) is 1.24. The standard InChI is InChI=1S/C29H33N9O5/c1-18-33-17-38(34-18)26-23-22(21(42-2)15-32-26)20(14-31-23)24(39)28(41)37-9-8-36(16-29(37)5-6-29)25-19(4-3-7-30-25)27(40)35-10-12-43-13-11-35/h3-4,7,14-15,17,24,31,39H,5-6,8-13,16H2,1-2H3. The Hall–Kier alpha value is -4.56. The van der Waals surface area contributed by atoms with Crippen LogP contribution in [0, 0.1) is 6.92 Å². The zero-order valence-electron chi connectivity index (χ0n) is 24.1. The van der Waals surface area contributed by atoms with E-state index in [0.29, 0.717) is 91.2 Å². The number of fused-ring (bicyclic) bond motifs is 1. The van der Waals surface area contributed by atoms with Crippen LogP contribution < -0.4 is 9.64 Å². The average Bonchev–Trinajstić information content (AvgIpc) is 3.43. The molecule has 6 heterocycles. The molecule has 14 nitrogen and oxygen atoms in total. The highest BCUT2D eigenvalue weighted by molar-refractivity contribution is 5.99. The number of morpholine rings is 1. The van der Waals surface area contributed by atoms with Gasteiger partial charge in [0.2, 0.25) is 0 Å². The molecule has 1 spiro atoms. The first-order chi connectivity index (χ1) is 20.9. The summed E-state index contributed by atoms with van der Waals surface area (Å²) >= 11 is 0. The van der Waals surface area contributed by atoms with Crippen LogP contribution in [0.2, 0.25) is 0 Å². The molecule has 3 aliphatic rings. The van der Waals surface area contributed by atoms with E-state index in [2.05, 4.69) is 29.9 Å². The summed E-state index contributed by atoms with van der Waals surface area (Å²) in [5, 5.41) is 16.4. The van der Waals surface area contributed by atoms with Crippen molar-refractivity contribution in [1.29, 1.82) is 0 Å². The Balaban J connectivity index is 1.14. The van der Waals surface area contributed by atoms with Crippen molar-refractivity contribution in [2.75, 3.05) is 57.9 Å². The van der Waals surface area contributed by atoms with Crippen molar-refractivity contribution in [3.63, 3.8) is 0 Å². The lowest BCUT2D eigenvalue weighted by atomic mass is 10.0. The highest BCUT2D eigenvalue weighted by Gasteiger charge is 2.54. The number of aromatic amines is 1. The van der Waals surface area contributed by atoms with Crippen LogP contribution in [-0.2, 0) is 9.53 Å². The summed E-state index contributed by atoms with van der Waals surface area (Å²) in [5.74, 6) is 1.69. The Labute approximate surface area is 247 Å². The minimum Gasteiger partial charge on any atom is -0.494 e. The number of aromatic nitrogens is 6. The molecule has 0 bridgehead atoms. The fraction of sp³-hybridized carbons (Fsp3) is 0.448. The number of nitrogens with one attached hydrogen (secondary N) is 1. The molecule has 2 N–H and O–H groups in total. The number of methoxy groups -OCH3 is 1. The Kier molecular flexibility index (Phi) is 6.73. The van der Waals surface area contributed by atoms with Crippen molar-refractivity contribution in [3.8, 4) is 11.6 Å². The van der Waals surface area contributed by atoms with E-state index in [1.54, 1.807) is 52.4 Å². The van der Waals surface area contributed by atoms with Gasteiger partial charge in [-0.05, 0) is 31.9 Å². The molecule has 3 fully saturated rings. The summed E-state index contributed by atoms with van der Waals surface area (Å²) in [4.78, 5) is 49.5. The van der Waals surface area contributed by atoms with Gasteiger partial charge in [-0.3, -0.25) is 9.59 Å². The molecular formula is C29H33N9O5. The molecule has 1 unspecified atom stereocenters. The second-order valence-corrected chi connectivity index (χ2v) is 11.2. The first kappa shape index (κ1) is 27.3. The first-order valence-electron chi connectivity index (χ1n) is 14.4. The Morgan fingerprint density at radius 3 is 2.65 bits per heavy atom. The summed E-state index contributed by atoms with van der Waals surface area (Å²) < 4.78 is 12.5. The SMILES string of the molecule is COc1cnc(-n2cnc(C)n2)c2[nH]cc(C(O)C(=O)N3CCN(c4ncccc4C(=O)N4CCOCC4)CC34CC4)c12. The first-order valence-corrected chi connectivity index (χ1v) is 14.4. The van der Waals surface area contributed by atoms with E-state index >= 15 is 0 Å². The molecule has 1 aliphatic carbocycles. The number of pyridine rings is 2. The number of piperazine rings is 1. The molecule has 4 aromatic heterocycles. The molecule has 1 atom stereocenters. The highest BCUT2D eigenvalue weighted by Crippen LogP contribution is 2.47. The van der Waals surface area contributed by atoms with E-state index in [4.69, 9.17) is 9.47 Å². The largest absolute Gasteiger partial charge is 0.494 e. The van der Waals surface area contributed by atoms with Gasteiger partial charge < -0.3 is 34.3 Å². The van der Waals surface area contributed by atoms with E-state index in [9.17, 15) is 14.7 Å². The zero-order valence-corrected chi connectivity index (χ0v) is 24.1. The third kappa shape index (κ3) is 4.66. The molecule has 14 heteroatoms. The number of aliphatic hydroxyl groups excluding tert-OH is 1. The number of carbonyl (C=O) groups excluding carboxylic acids is 2. The van der Waals surface area contributed by atoms with Gasteiger partial charge in [0.05, 0.1) is 48.5 Å². The fourth-order valence-electron chi connectivity index (χ4n) is 6.23. The second-order valence-electron chi connectivity index (χ2n) is 11.2. The molecular weight excluding hydrogens is 554 g/mol. The van der Waals surface area contributed by atoms with E-state index in [0.717, 1.165) is 12.8 Å². The van der Waals surface area contributed by atoms with E-state index in [1.165, 1.54) is 7.11 Å². The molecule has 0 radical (unpaired) electrons. The zero-order chi connectivity index (χ0) is 29.7. The maximum absolute atomic E-state index is 13.9. The van der Waals surface area contributed by atoms with Crippen molar-refractivity contribution < 1.29 is 24.2 Å². The molecule has 224 valence electrons. The van der Waals surface area contributed by atoms with E-state index in [1.807, 2.05) is 6.07 Å². The number of aliphatic hydroxyl groups is 1. The summed E-state index contributed by atoms with van der Waals surface area (Å²) in [6.07, 6.45) is 6.61. The minimum atomic E-state index is -1.42. The van der Waals surface area contributed by atoms with Gasteiger partial charge in [-0.1, -0.05) is 0 Å². The molecule has 2 aliphatic heterocycles. The lowest BCUT2D eigenvalue weighted by Gasteiger charge is -2.43. The molecule has 2 amide bonds. The number of anilines is 1. The van der Waals surface area contributed by atoms with Gasteiger partial charge in [-0.15, -0.1) is 0 Å². The molecule has 43 heavy (non-hydrogen) atoms. The molecule has 7 rings (SSSR count). The number of aryl methyl sites for hydroxylation is 1. The van der Waals surface area contributed by atoms with Crippen LogP contribution in [0.1, 0.15) is 40.7 Å². The average molecular weight is 588 g/mol. The number of rotatable bonds is 6. The number of hydrogen-bond acceptors (Lipinski definition) is 10. The van der Waals surface area contributed by atoms with Gasteiger partial charge in [0.1, 0.15) is 23.7 Å². The number of hydrogen-bond donors (Lipinski definition) is 2. The van der Waals surface area contributed by atoms with Gasteiger partial charge in [0, 0.05) is 50.7 Å². The van der Waals surface area contributed by atoms with Crippen molar-refractivity contribution in [2.24, 2.45) is 0 Å². The summed E-state index contributed by atoms with van der Waals surface area (Å²) in [5.41, 5.74) is 1.09. The third-order valence-corrected chi connectivity index (χ3v) is 8.62. The van der Waals surface area contributed by atoms with Crippen molar-refractivity contribution >= 4 is 28.5 Å². The number of carbonyl (C=O) groups is 2. The van der Waals surface area contributed by atoms with Gasteiger partial charge in [-0.25, -0.2) is 19.6 Å². The van der Waals surface area contributed by atoms with Crippen LogP contribution in [-0.4, -0.2) is 115 Å². The number of amides is 2. The number of nitrogens with zero attached hydrogens (tertiary/aromatic N) is 8. The van der Waals surface area contributed by atoms with Crippen LogP contribution in [0.3, 0.4) is 0 Å². The summed E-state index contributed by atoms with van der Waals surface area (Å²) in [7, 11) is 1.52. The maximum atomic E-state index is 13.9. The number of H-pyrrole nitrogens is 1. The molecule has 1 saturated carbocycles. The van der Waals surface area contributed by atoms with Crippen LogP contribution in [0.4, 0.5) is 5.82 Å². The number of ether oxygens (including phenoxy) is 2. The van der Waals surface area contributed by atoms with Crippen LogP contribution in [0.15, 0.2) is 37.1 Å². The predicted molar refractivity (Wildman–Crippen MR) is 154 cm³/mol. The monoisotopic (exact) mass is 587 g/mol. The van der Waals surface area contributed by atoms with Crippen LogP contribution in [0.5, 0.6) is 5.75 Å². The third-order valence-electron chi connectivity index (χ3n) is 8.62. The highest BCUT2D eigenvalue weighted by atomic mass is 16.5. The Morgan fingerprint density at radius 1 is 1.12 bits per heavy atom. The van der Waals surface area contributed by atoms with Gasteiger partial charge in [0.15, 0.2) is 11.9 Å². The van der Waals surface area contributed by atoms with E-state index in [-0.39, 0.29) is 11.8 Å². The quantitative estimate of drug-likeness (QED) is 0.337. The lowest BCUT2D eigenvalue weighted by molar-refractivity contribution is -0.144. The second kappa shape index (κ2) is 10.6. The van der Waals surface area contributed by atoms with Crippen molar-refractivity contribution in [1.82, 2.24) is 39.5 Å².